The number of rotatable bonds is 7. The van der Waals surface area contributed by atoms with E-state index in [1.165, 1.54) is 5.56 Å². The van der Waals surface area contributed by atoms with E-state index in [1.54, 1.807) is 7.11 Å². The van der Waals surface area contributed by atoms with Gasteiger partial charge in [0.25, 0.3) is 5.91 Å². The zero-order valence-corrected chi connectivity index (χ0v) is 15.7. The van der Waals surface area contributed by atoms with Gasteiger partial charge in [-0.3, -0.25) is 4.79 Å². The molecule has 2 rings (SSSR count). The van der Waals surface area contributed by atoms with Crippen LogP contribution in [0, 0.1) is 0 Å². The lowest BCUT2D eigenvalue weighted by molar-refractivity contribution is -0.123. The van der Waals surface area contributed by atoms with Gasteiger partial charge >= 0.3 is 0 Å². The highest BCUT2D eigenvalue weighted by Crippen LogP contribution is 2.27. The van der Waals surface area contributed by atoms with Crippen LogP contribution >= 0.6 is 15.9 Å². The molecular formula is C19H22BrNO3. The van der Waals surface area contributed by atoms with Gasteiger partial charge < -0.3 is 14.8 Å². The van der Waals surface area contributed by atoms with Gasteiger partial charge in [-0.25, -0.2) is 0 Å². The number of amides is 1. The van der Waals surface area contributed by atoms with Crippen molar-refractivity contribution in [3.05, 3.63) is 58.1 Å². The fourth-order valence-corrected chi connectivity index (χ4v) is 2.95. The van der Waals surface area contributed by atoms with Crippen LogP contribution in [-0.2, 0) is 11.2 Å². The number of halogens is 1. The molecule has 1 amide bonds. The van der Waals surface area contributed by atoms with Crippen molar-refractivity contribution in [2.24, 2.45) is 0 Å². The lowest BCUT2D eigenvalue weighted by atomic mass is 10.1. The van der Waals surface area contributed by atoms with Gasteiger partial charge in [0.1, 0.15) is 11.5 Å². The molecular weight excluding hydrogens is 370 g/mol. The number of nitrogens with one attached hydrogen (secondary N) is 1. The summed E-state index contributed by atoms with van der Waals surface area (Å²) in [6, 6.07) is 13.3. The molecule has 1 atom stereocenters. The summed E-state index contributed by atoms with van der Waals surface area (Å²) in [4.78, 5) is 12.1. The average molecular weight is 392 g/mol. The first-order valence-corrected chi connectivity index (χ1v) is 8.68. The van der Waals surface area contributed by atoms with Crippen LogP contribution < -0.4 is 14.8 Å². The lowest BCUT2D eigenvalue weighted by Crippen LogP contribution is -2.31. The molecule has 128 valence electrons. The lowest BCUT2D eigenvalue weighted by Gasteiger charge is -2.17. The van der Waals surface area contributed by atoms with Crippen LogP contribution in [0.4, 0.5) is 0 Å². The highest BCUT2D eigenvalue weighted by Gasteiger charge is 2.14. The van der Waals surface area contributed by atoms with Gasteiger partial charge in [-0.2, -0.15) is 0 Å². The van der Waals surface area contributed by atoms with E-state index in [1.807, 2.05) is 49.4 Å². The summed E-state index contributed by atoms with van der Waals surface area (Å²) < 4.78 is 11.8. The van der Waals surface area contributed by atoms with Crippen molar-refractivity contribution in [2.75, 3.05) is 13.7 Å². The van der Waals surface area contributed by atoms with Gasteiger partial charge in [0.05, 0.1) is 17.6 Å². The molecule has 0 spiro atoms. The summed E-state index contributed by atoms with van der Waals surface area (Å²) in [7, 11) is 1.62. The maximum atomic E-state index is 12.1. The Morgan fingerprint density at radius 1 is 1.21 bits per heavy atom. The van der Waals surface area contributed by atoms with E-state index < -0.39 is 0 Å². The molecule has 4 nitrogen and oxygen atoms in total. The van der Waals surface area contributed by atoms with Crippen molar-refractivity contribution >= 4 is 21.8 Å². The Kier molecular flexibility index (Phi) is 6.67. The third-order valence-corrected chi connectivity index (χ3v) is 4.37. The Morgan fingerprint density at radius 2 is 1.96 bits per heavy atom. The SMILES string of the molecule is CCc1ccc(OCC(=O)NC(C)c2ccccc2OC)c(Br)c1. The second kappa shape index (κ2) is 8.73. The minimum atomic E-state index is -0.181. The first kappa shape index (κ1) is 18.3. The van der Waals surface area contributed by atoms with Crippen molar-refractivity contribution in [2.45, 2.75) is 26.3 Å². The maximum absolute atomic E-state index is 12.1. The fraction of sp³-hybridized carbons (Fsp3) is 0.316. The predicted octanol–water partition coefficient (Wildman–Crippen LogP) is 4.28. The normalized spacial score (nSPS) is 11.7. The number of carbonyl (C=O) groups is 1. The third-order valence-electron chi connectivity index (χ3n) is 3.75. The first-order chi connectivity index (χ1) is 11.5. The molecule has 0 aliphatic carbocycles. The molecule has 0 saturated heterocycles. The van der Waals surface area contributed by atoms with E-state index in [0.717, 1.165) is 22.2 Å². The summed E-state index contributed by atoms with van der Waals surface area (Å²) >= 11 is 3.47. The molecule has 24 heavy (non-hydrogen) atoms. The van der Waals surface area contributed by atoms with Gasteiger partial charge in [-0.1, -0.05) is 31.2 Å². The first-order valence-electron chi connectivity index (χ1n) is 7.88. The van der Waals surface area contributed by atoms with Gasteiger partial charge in [0.2, 0.25) is 0 Å². The van der Waals surface area contributed by atoms with Crippen molar-refractivity contribution in [3.63, 3.8) is 0 Å². The minimum absolute atomic E-state index is 0.0381. The molecule has 0 radical (unpaired) electrons. The molecule has 1 N–H and O–H groups in total. The Bertz CT molecular complexity index is 703. The molecule has 0 aliphatic heterocycles. The molecule has 2 aromatic carbocycles. The highest BCUT2D eigenvalue weighted by atomic mass is 79.9. The van der Waals surface area contributed by atoms with E-state index in [9.17, 15) is 4.79 Å². The van der Waals surface area contributed by atoms with Crippen molar-refractivity contribution in [3.8, 4) is 11.5 Å². The fourth-order valence-electron chi connectivity index (χ4n) is 2.41. The monoisotopic (exact) mass is 391 g/mol. The number of ether oxygens (including phenoxy) is 2. The third kappa shape index (κ3) is 4.74. The summed E-state index contributed by atoms with van der Waals surface area (Å²) in [5.74, 6) is 1.23. The minimum Gasteiger partial charge on any atom is -0.496 e. The number of hydrogen-bond acceptors (Lipinski definition) is 3. The summed E-state index contributed by atoms with van der Waals surface area (Å²) in [6.45, 7) is 3.97. The van der Waals surface area contributed by atoms with Crippen molar-refractivity contribution in [1.82, 2.24) is 5.32 Å². The van der Waals surface area contributed by atoms with Crippen LogP contribution in [0.5, 0.6) is 11.5 Å². The maximum Gasteiger partial charge on any atom is 0.258 e. The molecule has 0 fully saturated rings. The smallest absolute Gasteiger partial charge is 0.258 e. The topological polar surface area (TPSA) is 47.6 Å². The van der Waals surface area contributed by atoms with Crippen LogP contribution in [0.3, 0.4) is 0 Å². The summed E-state index contributed by atoms with van der Waals surface area (Å²) in [5.41, 5.74) is 2.14. The van der Waals surface area contributed by atoms with Crippen LogP contribution in [0.15, 0.2) is 46.9 Å². The number of para-hydroxylation sites is 1. The number of benzene rings is 2. The average Bonchev–Trinajstić information content (AvgIpc) is 2.60. The van der Waals surface area contributed by atoms with Gasteiger partial charge in [0.15, 0.2) is 6.61 Å². The molecule has 0 saturated carbocycles. The van der Waals surface area contributed by atoms with Crippen molar-refractivity contribution < 1.29 is 14.3 Å². The van der Waals surface area contributed by atoms with E-state index in [0.29, 0.717) is 5.75 Å². The number of methoxy groups -OCH3 is 1. The number of carbonyl (C=O) groups excluding carboxylic acids is 1. The number of aryl methyl sites for hydroxylation is 1. The van der Waals surface area contributed by atoms with Crippen LogP contribution in [-0.4, -0.2) is 19.6 Å². The van der Waals surface area contributed by atoms with Crippen LogP contribution in [0.1, 0.15) is 31.0 Å². The largest absolute Gasteiger partial charge is 0.496 e. The van der Waals surface area contributed by atoms with Gasteiger partial charge in [-0.05, 0) is 53.0 Å². The zero-order chi connectivity index (χ0) is 17.5. The van der Waals surface area contributed by atoms with Crippen molar-refractivity contribution in [1.29, 1.82) is 0 Å². The second-order valence-corrected chi connectivity index (χ2v) is 6.29. The van der Waals surface area contributed by atoms with E-state index in [2.05, 4.69) is 28.2 Å². The Hall–Kier alpha value is -2.01. The Morgan fingerprint density at radius 3 is 2.62 bits per heavy atom. The van der Waals surface area contributed by atoms with E-state index in [-0.39, 0.29) is 18.6 Å². The predicted molar refractivity (Wildman–Crippen MR) is 98.6 cm³/mol. The number of hydrogen-bond donors (Lipinski definition) is 1. The molecule has 0 aromatic heterocycles. The standard InChI is InChI=1S/C19H22BrNO3/c1-4-14-9-10-18(16(20)11-14)24-12-19(22)21-13(2)15-7-5-6-8-17(15)23-3/h5-11,13H,4,12H2,1-3H3,(H,21,22). The molecule has 0 heterocycles. The Balaban J connectivity index is 1.93. The molecule has 1 unspecified atom stereocenters. The molecule has 0 aliphatic rings. The second-order valence-electron chi connectivity index (χ2n) is 5.44. The van der Waals surface area contributed by atoms with Gasteiger partial charge in [0, 0.05) is 5.56 Å². The summed E-state index contributed by atoms with van der Waals surface area (Å²) in [6.07, 6.45) is 0.954. The Labute approximate surface area is 151 Å². The molecule has 2 aromatic rings. The summed E-state index contributed by atoms with van der Waals surface area (Å²) in [5, 5.41) is 2.92. The molecule has 0 bridgehead atoms. The quantitative estimate of drug-likeness (QED) is 0.765. The van der Waals surface area contributed by atoms with Gasteiger partial charge in [-0.15, -0.1) is 0 Å². The van der Waals surface area contributed by atoms with Crippen LogP contribution in [0.25, 0.3) is 0 Å². The van der Waals surface area contributed by atoms with E-state index in [4.69, 9.17) is 9.47 Å². The zero-order valence-electron chi connectivity index (χ0n) is 14.1. The highest BCUT2D eigenvalue weighted by molar-refractivity contribution is 9.10. The van der Waals surface area contributed by atoms with E-state index >= 15 is 0 Å². The molecule has 5 heteroatoms. The van der Waals surface area contributed by atoms with Crippen LogP contribution in [0.2, 0.25) is 0 Å².